The quantitative estimate of drug-likeness (QED) is 0.246. The van der Waals surface area contributed by atoms with Crippen LogP contribution in [-0.4, -0.2) is 73.2 Å². The summed E-state index contributed by atoms with van der Waals surface area (Å²) >= 11 is 6.50. The van der Waals surface area contributed by atoms with Gasteiger partial charge in [-0.1, -0.05) is 11.6 Å². The lowest BCUT2D eigenvalue weighted by Crippen LogP contribution is -2.68. The number of rotatable bonds is 8. The van der Waals surface area contributed by atoms with Gasteiger partial charge in [0.05, 0.1) is 48.2 Å². The average molecular weight is 469 g/mol. The number of hydrogen-bond acceptors (Lipinski definition) is 7. The van der Waals surface area contributed by atoms with Crippen LogP contribution in [0, 0.1) is 21.4 Å². The van der Waals surface area contributed by atoms with Crippen molar-refractivity contribution in [2.24, 2.45) is 10.2 Å². The Balaban J connectivity index is 1.46. The Kier molecular flexibility index (Phi) is 6.88. The second-order valence-corrected chi connectivity index (χ2v) is 8.97. The minimum absolute atomic E-state index is 0.0869. The Morgan fingerprint density at radius 3 is 2.42 bits per heavy atom. The van der Waals surface area contributed by atoms with Gasteiger partial charge in [-0.05, 0) is 31.2 Å². The van der Waals surface area contributed by atoms with E-state index in [9.17, 15) is 15.4 Å². The highest BCUT2D eigenvalue weighted by Gasteiger charge is 2.38. The van der Waals surface area contributed by atoms with E-state index in [1.54, 1.807) is 0 Å². The van der Waals surface area contributed by atoms with E-state index in [1.165, 1.54) is 62.0 Å². The molecule has 10 heteroatoms. The third kappa shape index (κ3) is 5.14. The normalized spacial score (nSPS) is 21.8. The highest BCUT2D eigenvalue weighted by atomic mass is 35.5. The highest BCUT2D eigenvalue weighted by molar-refractivity contribution is 6.33. The van der Waals surface area contributed by atoms with E-state index in [0.29, 0.717) is 10.7 Å². The van der Waals surface area contributed by atoms with Gasteiger partial charge < -0.3 is 9.38 Å². The molecule has 2 aromatic rings. The summed E-state index contributed by atoms with van der Waals surface area (Å²) in [7, 11) is 0. The first-order valence-corrected chi connectivity index (χ1v) is 11.5. The maximum atomic E-state index is 10.9. The zero-order valence-electron chi connectivity index (χ0n) is 18.7. The second kappa shape index (κ2) is 9.83. The maximum absolute atomic E-state index is 10.9. The molecule has 0 spiro atoms. The van der Waals surface area contributed by atoms with Crippen molar-refractivity contribution in [3.05, 3.63) is 57.1 Å². The third-order valence-electron chi connectivity index (χ3n) is 6.77. The molecule has 0 saturated carbocycles. The molecule has 172 valence electrons. The number of quaternary nitrogens is 1. The van der Waals surface area contributed by atoms with Crippen LogP contribution in [0.25, 0.3) is 0 Å². The van der Waals surface area contributed by atoms with Crippen molar-refractivity contribution in [3.8, 4) is 6.07 Å². The highest BCUT2D eigenvalue weighted by Crippen LogP contribution is 2.32. The topological polar surface area (TPSA) is 98.1 Å². The van der Waals surface area contributed by atoms with Crippen molar-refractivity contribution in [1.29, 1.82) is 5.26 Å². The van der Waals surface area contributed by atoms with Crippen LogP contribution in [0.3, 0.4) is 0 Å². The van der Waals surface area contributed by atoms with Gasteiger partial charge in [0.25, 0.3) is 5.69 Å². The average Bonchev–Trinajstić information content (AvgIpc) is 2.84. The van der Waals surface area contributed by atoms with Gasteiger partial charge in [0.15, 0.2) is 0 Å². The number of non-ortho nitro benzene ring substituents is 1. The Bertz CT molecular complexity index is 1090. The van der Waals surface area contributed by atoms with Crippen LogP contribution in [0.4, 0.5) is 22.7 Å². The monoisotopic (exact) mass is 468 g/mol. The van der Waals surface area contributed by atoms with Crippen molar-refractivity contribution >= 4 is 34.4 Å². The molecule has 0 radical (unpaired) electrons. The van der Waals surface area contributed by atoms with Crippen molar-refractivity contribution in [1.82, 2.24) is 4.90 Å². The predicted molar refractivity (Wildman–Crippen MR) is 127 cm³/mol. The van der Waals surface area contributed by atoms with Crippen LogP contribution >= 0.6 is 11.6 Å². The van der Waals surface area contributed by atoms with Crippen molar-refractivity contribution in [2.45, 2.75) is 6.92 Å². The van der Waals surface area contributed by atoms with E-state index in [1.807, 2.05) is 24.3 Å². The van der Waals surface area contributed by atoms with E-state index in [4.69, 9.17) is 11.6 Å². The molecule has 0 aromatic heterocycles. The lowest BCUT2D eigenvalue weighted by molar-refractivity contribution is -0.939. The largest absolute Gasteiger partial charge is 0.366 e. The van der Waals surface area contributed by atoms with Gasteiger partial charge in [0.2, 0.25) is 0 Å². The van der Waals surface area contributed by atoms with Crippen LogP contribution in [0.1, 0.15) is 12.5 Å². The zero-order valence-corrected chi connectivity index (χ0v) is 19.4. The number of fused-ring (bicyclic) bond motifs is 3. The summed E-state index contributed by atoms with van der Waals surface area (Å²) in [5, 5.41) is 28.9. The first-order valence-electron chi connectivity index (χ1n) is 11.2. The number of azo groups is 1. The third-order valence-corrected chi connectivity index (χ3v) is 7.07. The number of benzene rings is 2. The van der Waals surface area contributed by atoms with Crippen molar-refractivity contribution < 1.29 is 9.41 Å². The number of nitro groups is 1. The van der Waals surface area contributed by atoms with Crippen LogP contribution in [0.15, 0.2) is 46.6 Å². The molecule has 0 unspecified atom stereocenters. The fourth-order valence-corrected chi connectivity index (χ4v) is 4.78. The van der Waals surface area contributed by atoms with E-state index < -0.39 is 4.92 Å². The lowest BCUT2D eigenvalue weighted by atomic mass is 10.1. The Morgan fingerprint density at radius 1 is 1.15 bits per heavy atom. The van der Waals surface area contributed by atoms with E-state index in [2.05, 4.69) is 27.0 Å². The molecule has 0 amide bonds. The molecule has 9 nitrogen and oxygen atoms in total. The summed E-state index contributed by atoms with van der Waals surface area (Å²) in [6.45, 7) is 12.5. The number of likely N-dealkylation sites (N-methyl/N-ethyl adjacent to an activating group) is 1. The maximum Gasteiger partial charge on any atom is 0.270 e. The van der Waals surface area contributed by atoms with Gasteiger partial charge in [-0.2, -0.15) is 5.26 Å². The number of nitro benzene ring substituents is 1. The zero-order chi connectivity index (χ0) is 23.4. The molecule has 33 heavy (non-hydrogen) atoms. The summed E-state index contributed by atoms with van der Waals surface area (Å²) < 4.78 is 1.21. The first-order chi connectivity index (χ1) is 15.9. The number of piperazine rings is 3. The number of halogens is 1. The van der Waals surface area contributed by atoms with Gasteiger partial charge in [0.1, 0.15) is 17.4 Å². The van der Waals surface area contributed by atoms with Crippen LogP contribution in [0.5, 0.6) is 0 Å². The molecule has 0 N–H and O–H groups in total. The fraction of sp³-hybridized carbons (Fsp3) is 0.435. The molecule has 2 aromatic carbocycles. The van der Waals surface area contributed by atoms with Crippen LogP contribution in [0.2, 0.25) is 5.02 Å². The summed E-state index contributed by atoms with van der Waals surface area (Å²) in [6, 6.07) is 11.5. The van der Waals surface area contributed by atoms with Crippen LogP contribution < -0.4 is 4.90 Å². The van der Waals surface area contributed by atoms with Crippen molar-refractivity contribution in [3.63, 3.8) is 0 Å². The summed E-state index contributed by atoms with van der Waals surface area (Å²) in [5.41, 5.74) is 1.71. The smallest absolute Gasteiger partial charge is 0.270 e. The molecular weight excluding hydrogens is 442 g/mol. The number of hydrogen-bond donors (Lipinski definition) is 0. The Labute approximate surface area is 198 Å². The van der Waals surface area contributed by atoms with Gasteiger partial charge in [-0.25, -0.2) is 0 Å². The fourth-order valence-electron chi connectivity index (χ4n) is 4.57. The SMILES string of the molecule is CCN(CC[N+]12CCN(CC1)CC2)c1ccc(N=Nc2ccc([N+](=O)[O-])cc2C#N)c(Cl)c1. The molecule has 5 rings (SSSR count). The second-order valence-electron chi connectivity index (χ2n) is 8.56. The lowest BCUT2D eigenvalue weighted by Gasteiger charge is -2.51. The summed E-state index contributed by atoms with van der Waals surface area (Å²) in [5.74, 6) is 0. The molecule has 0 aliphatic carbocycles. The molecule has 3 heterocycles. The van der Waals surface area contributed by atoms with Gasteiger partial charge in [-0.15, -0.1) is 10.2 Å². The Morgan fingerprint density at radius 2 is 1.82 bits per heavy atom. The predicted octanol–water partition coefficient (Wildman–Crippen LogP) is 4.51. The molecule has 3 saturated heterocycles. The molecular formula is C23H27ClN7O2+. The first kappa shape index (κ1) is 23.1. The molecule has 3 aliphatic rings. The molecule has 2 bridgehead atoms. The Hall–Kier alpha value is -3.06. The summed E-state index contributed by atoms with van der Waals surface area (Å²) in [4.78, 5) is 15.3. The standard InChI is InChI=1S/C23H27ClN7O2/c1-2-29(10-14-31-11-7-28(8-12-31)9-13-31)19-3-6-23(21(24)16-19)27-26-22-5-4-20(30(32)33)15-18(22)17-25/h3-6,15-16H,2,7-14H2,1H3/q+1. The number of nitriles is 1. The molecule has 3 aliphatic heterocycles. The number of anilines is 1. The minimum atomic E-state index is -0.549. The van der Waals surface area contributed by atoms with Crippen LogP contribution in [-0.2, 0) is 0 Å². The van der Waals surface area contributed by atoms with Gasteiger partial charge in [-0.3, -0.25) is 15.0 Å². The van der Waals surface area contributed by atoms with Gasteiger partial charge >= 0.3 is 0 Å². The van der Waals surface area contributed by atoms with Crippen molar-refractivity contribution in [2.75, 3.05) is 63.8 Å². The molecule has 0 atom stereocenters. The molecule has 3 fully saturated rings. The summed E-state index contributed by atoms with van der Waals surface area (Å²) in [6.07, 6.45) is 0. The van der Waals surface area contributed by atoms with E-state index >= 15 is 0 Å². The van der Waals surface area contributed by atoms with E-state index in [-0.39, 0.29) is 16.9 Å². The van der Waals surface area contributed by atoms with E-state index in [0.717, 1.165) is 25.3 Å². The van der Waals surface area contributed by atoms with Gasteiger partial charge in [0, 0.05) is 44.0 Å². The minimum Gasteiger partial charge on any atom is -0.366 e. The number of nitrogens with zero attached hydrogens (tertiary/aromatic N) is 7.